The van der Waals surface area contributed by atoms with Gasteiger partial charge in [0.05, 0.1) is 0 Å². The maximum atomic E-state index is 13.6. The lowest BCUT2D eigenvalue weighted by atomic mass is 10.1. The van der Waals surface area contributed by atoms with E-state index in [0.29, 0.717) is 17.3 Å². The zero-order chi connectivity index (χ0) is 15.8. The summed E-state index contributed by atoms with van der Waals surface area (Å²) in [6.07, 6.45) is -4.65. The second kappa shape index (κ2) is 5.49. The molecule has 0 spiro atoms. The summed E-state index contributed by atoms with van der Waals surface area (Å²) in [7, 11) is 0. The van der Waals surface area contributed by atoms with E-state index in [1.54, 1.807) is 13.0 Å². The monoisotopic (exact) mass is 322 g/mol. The Morgan fingerprint density at radius 2 is 2.00 bits per heavy atom. The van der Waals surface area contributed by atoms with Gasteiger partial charge in [-0.05, 0) is 19.9 Å². The van der Waals surface area contributed by atoms with Crippen LogP contribution < -0.4 is 10.6 Å². The van der Waals surface area contributed by atoms with Crippen molar-refractivity contribution in [2.75, 3.05) is 0 Å². The van der Waals surface area contributed by atoms with Gasteiger partial charge >= 0.3 is 6.18 Å². The van der Waals surface area contributed by atoms with Crippen molar-refractivity contribution < 1.29 is 22.4 Å². The molecule has 1 amide bonds. The summed E-state index contributed by atoms with van der Waals surface area (Å²) in [5.41, 5.74) is -0.605. The average Bonchev–Trinajstić information content (AvgIpc) is 2.65. The first-order valence-corrected chi connectivity index (χ1v) is 7.09. The molecule has 0 aromatic heterocycles. The van der Waals surface area contributed by atoms with Crippen molar-refractivity contribution in [2.45, 2.75) is 36.3 Å². The summed E-state index contributed by atoms with van der Waals surface area (Å²) in [6, 6.07) is 5.43. The first-order chi connectivity index (χ1) is 9.65. The molecule has 1 aliphatic heterocycles. The first kappa shape index (κ1) is 16.1. The number of carbonyl (C=O) groups excluding carboxylic acids is 1. The second-order valence-corrected chi connectivity index (χ2v) is 6.44. The molecule has 8 heteroatoms. The van der Waals surface area contributed by atoms with Crippen LogP contribution in [0.25, 0.3) is 0 Å². The number of benzene rings is 1. The molecule has 0 saturated carbocycles. The van der Waals surface area contributed by atoms with Crippen LogP contribution in [0, 0.1) is 5.82 Å². The van der Waals surface area contributed by atoms with E-state index >= 15 is 0 Å². The van der Waals surface area contributed by atoms with E-state index in [9.17, 15) is 22.4 Å². The number of amides is 1. The quantitative estimate of drug-likeness (QED) is 0.841. The van der Waals surface area contributed by atoms with Crippen LogP contribution >= 0.6 is 11.8 Å². The molecule has 1 fully saturated rings. The molecule has 3 nitrogen and oxygen atoms in total. The normalized spacial score (nSPS) is 27.5. The van der Waals surface area contributed by atoms with Crippen molar-refractivity contribution in [3.8, 4) is 0 Å². The maximum absolute atomic E-state index is 13.6. The van der Waals surface area contributed by atoms with Crippen LogP contribution in [0.4, 0.5) is 17.6 Å². The van der Waals surface area contributed by atoms with Gasteiger partial charge in [0, 0.05) is 11.6 Å². The number of nitrogens with one attached hydrogen (secondary N) is 2. The van der Waals surface area contributed by atoms with Crippen LogP contribution in [-0.4, -0.2) is 22.3 Å². The van der Waals surface area contributed by atoms with Crippen LogP contribution in [0.5, 0.6) is 0 Å². The Kier molecular flexibility index (Phi) is 4.21. The fourth-order valence-corrected chi connectivity index (χ4v) is 3.20. The summed E-state index contributed by atoms with van der Waals surface area (Å²) >= 11 is 0.438. The van der Waals surface area contributed by atoms with Gasteiger partial charge in [0.25, 0.3) is 0 Å². The minimum atomic E-state index is -4.65. The Balaban J connectivity index is 2.09. The molecule has 2 N–H and O–H groups in total. The van der Waals surface area contributed by atoms with Crippen molar-refractivity contribution in [2.24, 2.45) is 0 Å². The zero-order valence-corrected chi connectivity index (χ0v) is 12.1. The summed E-state index contributed by atoms with van der Waals surface area (Å²) < 4.78 is 49.9. The van der Waals surface area contributed by atoms with Gasteiger partial charge in [0.15, 0.2) is 4.75 Å². The highest BCUT2D eigenvalue weighted by Gasteiger charge is 2.62. The van der Waals surface area contributed by atoms with Gasteiger partial charge in [-0.3, -0.25) is 10.1 Å². The Labute approximate surface area is 123 Å². The molecular weight excluding hydrogens is 308 g/mol. The van der Waals surface area contributed by atoms with Gasteiger partial charge in [-0.1, -0.05) is 30.0 Å². The molecule has 1 aromatic carbocycles. The molecule has 0 bridgehead atoms. The highest BCUT2D eigenvalue weighted by atomic mass is 32.2. The molecule has 1 heterocycles. The summed E-state index contributed by atoms with van der Waals surface area (Å²) in [5, 5.41) is 5.03. The molecule has 116 valence electrons. The van der Waals surface area contributed by atoms with Crippen molar-refractivity contribution in [3.05, 3.63) is 35.6 Å². The fraction of sp³-hybridized carbons (Fsp3) is 0.462. The molecular formula is C13H14F4N2OS. The minimum absolute atomic E-state index is 0.327. The minimum Gasteiger partial charge on any atom is -0.330 e. The number of alkyl halides is 3. The second-order valence-electron chi connectivity index (χ2n) is 4.91. The van der Waals surface area contributed by atoms with E-state index in [1.165, 1.54) is 18.2 Å². The van der Waals surface area contributed by atoms with Gasteiger partial charge in [-0.25, -0.2) is 4.39 Å². The van der Waals surface area contributed by atoms with Gasteiger partial charge in [0.1, 0.15) is 11.3 Å². The van der Waals surface area contributed by atoms with E-state index in [4.69, 9.17) is 0 Å². The molecule has 1 unspecified atom stereocenters. The smallest absolute Gasteiger partial charge is 0.330 e. The number of hydrogen-bond donors (Lipinski definition) is 2. The van der Waals surface area contributed by atoms with Crippen molar-refractivity contribution in [1.82, 2.24) is 10.6 Å². The Hall–Kier alpha value is -1.28. The predicted octanol–water partition coefficient (Wildman–Crippen LogP) is 2.94. The predicted molar refractivity (Wildman–Crippen MR) is 71.9 cm³/mol. The molecule has 3 atom stereocenters. The molecule has 21 heavy (non-hydrogen) atoms. The van der Waals surface area contributed by atoms with Crippen molar-refractivity contribution in [3.63, 3.8) is 0 Å². The SMILES string of the molecule is C[C@H](NC1NC(=O)[C@@](C)(C(F)(F)F)S1)c1ccccc1F. The fourth-order valence-electron chi connectivity index (χ4n) is 1.99. The third-order valence-electron chi connectivity index (χ3n) is 3.36. The lowest BCUT2D eigenvalue weighted by Crippen LogP contribution is -2.46. The lowest BCUT2D eigenvalue weighted by Gasteiger charge is -2.24. The van der Waals surface area contributed by atoms with Crippen LogP contribution in [0.15, 0.2) is 24.3 Å². The van der Waals surface area contributed by atoms with E-state index in [2.05, 4.69) is 10.6 Å². The highest BCUT2D eigenvalue weighted by molar-refractivity contribution is 8.02. The van der Waals surface area contributed by atoms with E-state index in [-0.39, 0.29) is 0 Å². The van der Waals surface area contributed by atoms with Gasteiger partial charge < -0.3 is 5.32 Å². The average molecular weight is 322 g/mol. The standard InChI is InChI=1S/C13H14F4N2OS/c1-7(8-5-3-4-6-9(8)14)18-11-19-10(20)12(2,21-11)13(15,16)17/h3-7,11,18H,1-2H3,(H,19,20)/t7-,11?,12-/m0/s1. The van der Waals surface area contributed by atoms with Gasteiger partial charge in [-0.15, -0.1) is 0 Å². The highest BCUT2D eigenvalue weighted by Crippen LogP contribution is 2.46. The van der Waals surface area contributed by atoms with Crippen LogP contribution in [-0.2, 0) is 4.79 Å². The third-order valence-corrected chi connectivity index (χ3v) is 4.74. The molecule has 0 aliphatic carbocycles. The van der Waals surface area contributed by atoms with E-state index < -0.39 is 34.2 Å². The Morgan fingerprint density at radius 3 is 2.52 bits per heavy atom. The van der Waals surface area contributed by atoms with Gasteiger partial charge in [-0.2, -0.15) is 13.2 Å². The van der Waals surface area contributed by atoms with E-state index in [1.807, 2.05) is 0 Å². The summed E-state index contributed by atoms with van der Waals surface area (Å²) in [4.78, 5) is 11.6. The Morgan fingerprint density at radius 1 is 1.38 bits per heavy atom. The molecule has 0 radical (unpaired) electrons. The van der Waals surface area contributed by atoms with Crippen molar-refractivity contribution >= 4 is 17.7 Å². The summed E-state index contributed by atoms with van der Waals surface area (Å²) in [5.74, 6) is -1.55. The number of halogens is 4. The molecule has 1 aliphatic rings. The number of hydrogen-bond acceptors (Lipinski definition) is 3. The number of carbonyl (C=O) groups is 1. The Bertz CT molecular complexity index is 551. The van der Waals surface area contributed by atoms with E-state index in [0.717, 1.165) is 6.92 Å². The summed E-state index contributed by atoms with van der Waals surface area (Å²) in [6.45, 7) is 2.46. The lowest BCUT2D eigenvalue weighted by molar-refractivity contribution is -0.166. The number of thioether (sulfide) groups is 1. The first-order valence-electron chi connectivity index (χ1n) is 6.21. The maximum Gasteiger partial charge on any atom is 0.411 e. The molecule has 2 rings (SSSR count). The topological polar surface area (TPSA) is 41.1 Å². The third kappa shape index (κ3) is 3.01. The largest absolute Gasteiger partial charge is 0.411 e. The van der Waals surface area contributed by atoms with Crippen LogP contribution in [0.1, 0.15) is 25.5 Å². The van der Waals surface area contributed by atoms with Gasteiger partial charge in [0.2, 0.25) is 5.91 Å². The number of rotatable bonds is 3. The van der Waals surface area contributed by atoms with Crippen LogP contribution in [0.3, 0.4) is 0 Å². The molecule has 1 saturated heterocycles. The zero-order valence-electron chi connectivity index (χ0n) is 11.3. The van der Waals surface area contributed by atoms with Crippen molar-refractivity contribution in [1.29, 1.82) is 0 Å². The molecule has 1 aromatic rings. The van der Waals surface area contributed by atoms with Crippen LogP contribution in [0.2, 0.25) is 0 Å².